The van der Waals surface area contributed by atoms with Crippen molar-refractivity contribution in [3.63, 3.8) is 0 Å². The van der Waals surface area contributed by atoms with Crippen LogP contribution in [0.3, 0.4) is 0 Å². The third-order valence-corrected chi connectivity index (χ3v) is 14.5. The van der Waals surface area contributed by atoms with Gasteiger partial charge in [-0.2, -0.15) is 0 Å². The van der Waals surface area contributed by atoms with Crippen molar-refractivity contribution in [2.75, 3.05) is 19.6 Å². The van der Waals surface area contributed by atoms with E-state index in [0.717, 1.165) is 102 Å². The van der Waals surface area contributed by atoms with Crippen LogP contribution in [0, 0.1) is 0 Å². The van der Waals surface area contributed by atoms with Gasteiger partial charge < -0.3 is 24.3 Å². The number of hydrogen-bond donors (Lipinski definition) is 0. The Balaban J connectivity index is 0.828. The minimum Gasteiger partial charge on any atom is -0.481 e. The van der Waals surface area contributed by atoms with Gasteiger partial charge in [0.1, 0.15) is 11.9 Å². The molecule has 0 fully saturated rings. The molecule has 368 valence electrons. The highest BCUT2D eigenvalue weighted by molar-refractivity contribution is 5.86. The number of anilines is 11. The van der Waals surface area contributed by atoms with Crippen molar-refractivity contribution in [1.29, 1.82) is 0 Å². The number of fused-ring (bicyclic) bond motifs is 3. The fourth-order valence-electron chi connectivity index (χ4n) is 11.0. The van der Waals surface area contributed by atoms with Crippen LogP contribution in [0.25, 0.3) is 22.3 Å². The smallest absolute Gasteiger partial charge is 0.149 e. The van der Waals surface area contributed by atoms with Crippen molar-refractivity contribution < 1.29 is 4.74 Å². The van der Waals surface area contributed by atoms with Gasteiger partial charge >= 0.3 is 0 Å². The highest BCUT2D eigenvalue weighted by Gasteiger charge is 2.41. The Morgan fingerprint density at radius 2 is 0.623 bits per heavy atom. The molecule has 0 saturated heterocycles. The van der Waals surface area contributed by atoms with Gasteiger partial charge in [0, 0.05) is 68.4 Å². The molecule has 0 radical (unpaired) electrons. The fourth-order valence-corrected chi connectivity index (χ4v) is 11.0. The van der Waals surface area contributed by atoms with E-state index in [0.29, 0.717) is 0 Å². The molecule has 0 amide bonds. The summed E-state index contributed by atoms with van der Waals surface area (Å²) in [6.45, 7) is 0. The third kappa shape index (κ3) is 9.32. The van der Waals surface area contributed by atoms with E-state index < -0.39 is 0 Å². The van der Waals surface area contributed by atoms with Crippen LogP contribution in [-0.4, -0.2) is 6.10 Å². The van der Waals surface area contributed by atoms with E-state index in [9.17, 15) is 0 Å². The summed E-state index contributed by atoms with van der Waals surface area (Å²) in [5, 5.41) is 0. The summed E-state index contributed by atoms with van der Waals surface area (Å²) in [4.78, 5) is 9.31. The lowest BCUT2D eigenvalue weighted by Gasteiger charge is -2.34. The molecule has 5 heteroatoms. The zero-order valence-electron chi connectivity index (χ0n) is 42.4. The van der Waals surface area contributed by atoms with E-state index in [1.165, 1.54) is 0 Å². The van der Waals surface area contributed by atoms with Crippen LogP contribution < -0.4 is 24.3 Å². The first kappa shape index (κ1) is 46.7. The van der Waals surface area contributed by atoms with Gasteiger partial charge in [-0.3, -0.25) is 0 Å². The quantitative estimate of drug-likeness (QED) is 0.108. The first-order valence-corrected chi connectivity index (χ1v) is 26.3. The maximum Gasteiger partial charge on any atom is 0.149 e. The van der Waals surface area contributed by atoms with Gasteiger partial charge in [-0.25, -0.2) is 0 Å². The minimum atomic E-state index is -0.296. The van der Waals surface area contributed by atoms with Crippen molar-refractivity contribution in [2.24, 2.45) is 0 Å². The van der Waals surface area contributed by atoms with Gasteiger partial charge in [0.2, 0.25) is 0 Å². The van der Waals surface area contributed by atoms with Gasteiger partial charge in [0.05, 0.1) is 11.4 Å². The highest BCUT2D eigenvalue weighted by atomic mass is 16.5. The summed E-state index contributed by atoms with van der Waals surface area (Å²) in [5.41, 5.74) is 18.5. The number of allylic oxidation sites excluding steroid dienone is 2. The molecule has 0 spiro atoms. The number of rotatable bonds is 14. The van der Waals surface area contributed by atoms with Gasteiger partial charge in [0.25, 0.3) is 0 Å². The van der Waals surface area contributed by atoms with Crippen molar-refractivity contribution in [3.05, 3.63) is 327 Å². The average molecular weight is 991 g/mol. The summed E-state index contributed by atoms with van der Waals surface area (Å²) < 4.78 is 7.44. The topological polar surface area (TPSA) is 22.2 Å². The van der Waals surface area contributed by atoms with Crippen molar-refractivity contribution in [2.45, 2.75) is 12.0 Å². The van der Waals surface area contributed by atoms with Gasteiger partial charge in [-0.15, -0.1) is 0 Å². The second-order valence-electron chi connectivity index (χ2n) is 19.3. The maximum atomic E-state index is 7.44. The second kappa shape index (κ2) is 21.0. The SMILES string of the molecule is C1=CC2c3cccc(N(c4ccccc4)c4cccc(-c5ccc(N(c6ccccc6)c6ccccc6)cc5)c4)c3OC2C(N(c2ccccc2)c2cccc(-c3ccc(N(c4ccccc4)c4ccccc4)cc3)c2)=C1. The number of benzene rings is 11. The molecular formula is C72H54N4O. The third-order valence-electron chi connectivity index (χ3n) is 14.5. The molecule has 13 rings (SSSR count). The van der Waals surface area contributed by atoms with Crippen LogP contribution in [-0.2, 0) is 0 Å². The van der Waals surface area contributed by atoms with Crippen molar-refractivity contribution >= 4 is 62.6 Å². The summed E-state index contributed by atoms with van der Waals surface area (Å²) in [6, 6.07) is 106. The normalized spacial score (nSPS) is 14.1. The zero-order chi connectivity index (χ0) is 51.3. The Hall–Kier alpha value is -10.1. The Morgan fingerprint density at radius 1 is 0.273 bits per heavy atom. The number of nitrogens with zero attached hydrogens (tertiary/aromatic N) is 4. The van der Waals surface area contributed by atoms with Crippen LogP contribution in [0.2, 0.25) is 0 Å². The predicted molar refractivity (Wildman–Crippen MR) is 321 cm³/mol. The van der Waals surface area contributed by atoms with E-state index in [4.69, 9.17) is 4.74 Å². The second-order valence-corrected chi connectivity index (χ2v) is 19.3. The van der Waals surface area contributed by atoms with E-state index >= 15 is 0 Å². The first-order valence-electron chi connectivity index (χ1n) is 26.3. The molecule has 1 aliphatic heterocycles. The average Bonchev–Trinajstić information content (AvgIpc) is 3.93. The molecule has 0 saturated carbocycles. The van der Waals surface area contributed by atoms with E-state index in [1.54, 1.807) is 0 Å². The number of para-hydroxylation sites is 7. The van der Waals surface area contributed by atoms with Crippen molar-refractivity contribution in [1.82, 2.24) is 0 Å². The van der Waals surface area contributed by atoms with Gasteiger partial charge in [0.15, 0.2) is 0 Å². The van der Waals surface area contributed by atoms with E-state index in [2.05, 4.69) is 335 Å². The van der Waals surface area contributed by atoms with Crippen LogP contribution >= 0.6 is 0 Å². The molecule has 11 aromatic carbocycles. The molecule has 1 aliphatic carbocycles. The zero-order valence-corrected chi connectivity index (χ0v) is 42.4. The number of ether oxygens (including phenoxy) is 1. The van der Waals surface area contributed by atoms with E-state index in [1.807, 2.05) is 0 Å². The summed E-state index contributed by atoms with van der Waals surface area (Å²) in [5.74, 6) is 0.861. The van der Waals surface area contributed by atoms with Crippen LogP contribution in [0.1, 0.15) is 11.5 Å². The maximum absolute atomic E-state index is 7.44. The number of hydrogen-bond acceptors (Lipinski definition) is 5. The van der Waals surface area contributed by atoms with Crippen molar-refractivity contribution in [3.8, 4) is 28.0 Å². The van der Waals surface area contributed by atoms with Crippen LogP contribution in [0.4, 0.5) is 62.6 Å². The van der Waals surface area contributed by atoms with E-state index in [-0.39, 0.29) is 12.0 Å². The molecular weight excluding hydrogens is 937 g/mol. The largest absolute Gasteiger partial charge is 0.481 e. The minimum absolute atomic E-state index is 0.0159. The monoisotopic (exact) mass is 990 g/mol. The molecule has 0 bridgehead atoms. The summed E-state index contributed by atoms with van der Waals surface area (Å²) >= 11 is 0. The Labute approximate surface area is 451 Å². The molecule has 77 heavy (non-hydrogen) atoms. The Kier molecular flexibility index (Phi) is 12.7. The molecule has 5 nitrogen and oxygen atoms in total. The standard InChI is InChI=1S/C72H54N4O/c1-7-25-57(26-8-1)73(58-27-9-2-10-28-58)63-47-43-53(44-48-63)55-23-19-37-65(51-55)75(61-33-15-5-16-34-61)69-41-21-39-67-68-40-22-42-70(72(68)77-71(67)69)76(62-35-17-6-18-36-62)66-38-20-24-56(52-66)54-45-49-64(50-46-54)74(59-29-11-3-12-30-59)60-31-13-4-14-32-60/h1-52,67,71H. The lowest BCUT2D eigenvalue weighted by Crippen LogP contribution is -2.32. The van der Waals surface area contributed by atoms with Gasteiger partial charge in [-0.1, -0.05) is 182 Å². The summed E-state index contributed by atoms with van der Waals surface area (Å²) in [6.07, 6.45) is 6.43. The molecule has 2 aliphatic rings. The molecule has 2 atom stereocenters. The molecule has 1 heterocycles. The summed E-state index contributed by atoms with van der Waals surface area (Å²) in [7, 11) is 0. The molecule has 11 aromatic rings. The first-order chi connectivity index (χ1) is 38.2. The lowest BCUT2D eigenvalue weighted by atomic mass is 9.88. The van der Waals surface area contributed by atoms with Crippen LogP contribution in [0.5, 0.6) is 5.75 Å². The Morgan fingerprint density at radius 3 is 1.05 bits per heavy atom. The van der Waals surface area contributed by atoms with Crippen LogP contribution in [0.15, 0.2) is 321 Å². The molecule has 0 aromatic heterocycles. The predicted octanol–water partition coefficient (Wildman–Crippen LogP) is 19.6. The fraction of sp³-hybridized carbons (Fsp3) is 0.0278. The lowest BCUT2D eigenvalue weighted by molar-refractivity contribution is 0.254. The highest BCUT2D eigenvalue weighted by Crippen LogP contribution is 2.53. The molecule has 2 unspecified atom stereocenters. The molecule has 0 N–H and O–H groups in total. The Bertz CT molecular complexity index is 3750. The van der Waals surface area contributed by atoms with Gasteiger partial charge in [-0.05, 0) is 156 Å².